The summed E-state index contributed by atoms with van der Waals surface area (Å²) < 4.78 is 0. The standard InChI is InChI=1S/C39H59N5O5/c1-6-8-15-29(33(45)35(47)40-16-9-7-2)41-34(46)32-30-28(38(30,3)4)23-44(32)36(48)31(27-13-11-10-12-14-27)43(5)37(49)42-39-20-24-17-25(21-39)19-26(18-24)22-39/h6-7,24-32H,1-2,8-23H2,3-5H3,(H,40,47)(H,41,46)(H,42,49)/t24?,25?,26?,28?,29-,30+,31+,32+,39?/m1/s1. The Balaban J connectivity index is 1.21. The second-order valence-electron chi connectivity index (χ2n) is 17.1. The SMILES string of the molecule is C=CCCNC(=O)C(=O)[C@@H](CCC=C)NC(=O)[C@@H]1[C@@H]2C(CN1C(=O)[C@H](C1CCCCC1)N(C)C(=O)NC13CC4CC(CC(C4)C1)C3)C2(C)C. The molecule has 5 amide bonds. The molecule has 7 rings (SSSR count). The summed E-state index contributed by atoms with van der Waals surface area (Å²) in [5, 5.41) is 9.00. The lowest BCUT2D eigenvalue weighted by Gasteiger charge is -2.57. The molecule has 5 atom stereocenters. The van der Waals surface area contributed by atoms with Crippen molar-refractivity contribution in [2.75, 3.05) is 20.1 Å². The minimum atomic E-state index is -1.03. The van der Waals surface area contributed by atoms with Crippen LogP contribution in [0.15, 0.2) is 25.3 Å². The van der Waals surface area contributed by atoms with Gasteiger partial charge in [0.15, 0.2) is 0 Å². The lowest BCUT2D eigenvalue weighted by Crippen LogP contribution is -2.64. The Bertz CT molecular complexity index is 1300. The van der Waals surface area contributed by atoms with Crippen molar-refractivity contribution in [2.24, 2.45) is 40.9 Å². The maximum atomic E-state index is 14.9. The highest BCUT2D eigenvalue weighted by molar-refractivity contribution is 6.38. The summed E-state index contributed by atoms with van der Waals surface area (Å²) in [6, 6.07) is -2.65. The van der Waals surface area contributed by atoms with Gasteiger partial charge < -0.3 is 25.8 Å². The van der Waals surface area contributed by atoms with Crippen LogP contribution < -0.4 is 16.0 Å². The Labute approximate surface area is 292 Å². The molecule has 6 saturated carbocycles. The zero-order valence-electron chi connectivity index (χ0n) is 30.0. The molecule has 1 heterocycles. The number of carbonyl (C=O) groups is 5. The molecule has 0 aromatic carbocycles. The summed E-state index contributed by atoms with van der Waals surface area (Å²) in [7, 11) is 1.78. The molecule has 6 aliphatic carbocycles. The Kier molecular flexibility index (Phi) is 10.3. The molecule has 3 N–H and O–H groups in total. The predicted molar refractivity (Wildman–Crippen MR) is 188 cm³/mol. The first kappa shape index (κ1) is 35.6. The van der Waals surface area contributed by atoms with Crippen LogP contribution in [0.5, 0.6) is 0 Å². The van der Waals surface area contributed by atoms with Crippen molar-refractivity contribution < 1.29 is 24.0 Å². The fourth-order valence-electron chi connectivity index (χ4n) is 11.2. The Morgan fingerprint density at radius 3 is 2.12 bits per heavy atom. The molecule has 49 heavy (non-hydrogen) atoms. The highest BCUT2D eigenvalue weighted by Crippen LogP contribution is 2.65. The van der Waals surface area contributed by atoms with Gasteiger partial charge in [0.1, 0.15) is 12.1 Å². The first-order chi connectivity index (χ1) is 23.4. The van der Waals surface area contributed by atoms with E-state index in [2.05, 4.69) is 43.0 Å². The van der Waals surface area contributed by atoms with Gasteiger partial charge in [0.2, 0.25) is 17.6 Å². The van der Waals surface area contributed by atoms with E-state index in [-0.39, 0.29) is 53.6 Å². The number of nitrogens with one attached hydrogen (secondary N) is 3. The maximum absolute atomic E-state index is 14.9. The fraction of sp³-hybridized carbons (Fsp3) is 0.769. The van der Waals surface area contributed by atoms with Crippen molar-refractivity contribution in [1.29, 1.82) is 0 Å². The first-order valence-corrected chi connectivity index (χ1v) is 19.1. The molecule has 0 aromatic heterocycles. The predicted octanol–water partition coefficient (Wildman–Crippen LogP) is 4.74. The van der Waals surface area contributed by atoms with E-state index in [9.17, 15) is 24.0 Å². The molecule has 270 valence electrons. The fourth-order valence-corrected chi connectivity index (χ4v) is 11.2. The minimum Gasteiger partial charge on any atom is -0.349 e. The van der Waals surface area contributed by atoms with Gasteiger partial charge in [0.05, 0.1) is 6.04 Å². The van der Waals surface area contributed by atoms with Crippen molar-refractivity contribution in [1.82, 2.24) is 25.8 Å². The van der Waals surface area contributed by atoms with E-state index in [1.54, 1.807) is 29.0 Å². The topological polar surface area (TPSA) is 128 Å². The number of piperidine rings is 1. The van der Waals surface area contributed by atoms with Crippen LogP contribution in [-0.2, 0) is 19.2 Å². The second-order valence-corrected chi connectivity index (χ2v) is 17.1. The summed E-state index contributed by atoms with van der Waals surface area (Å²) in [4.78, 5) is 72.6. The van der Waals surface area contributed by atoms with Crippen LogP contribution in [0.2, 0.25) is 0 Å². The Hall–Kier alpha value is -3.17. The van der Waals surface area contributed by atoms with E-state index < -0.39 is 35.7 Å². The average Bonchev–Trinajstić information content (AvgIpc) is 3.37. The molecule has 0 spiro atoms. The normalized spacial score (nSPS) is 33.5. The molecule has 7 aliphatic rings. The molecule has 1 unspecified atom stereocenters. The third kappa shape index (κ3) is 7.07. The van der Waals surface area contributed by atoms with Crippen molar-refractivity contribution in [3.8, 4) is 0 Å². The Morgan fingerprint density at radius 1 is 0.918 bits per heavy atom. The molecular formula is C39H59N5O5. The molecule has 0 radical (unpaired) electrons. The lowest BCUT2D eigenvalue weighted by atomic mass is 9.53. The lowest BCUT2D eigenvalue weighted by molar-refractivity contribution is -0.146. The number of ketones is 1. The van der Waals surface area contributed by atoms with E-state index in [4.69, 9.17) is 0 Å². The molecule has 10 heteroatoms. The third-order valence-electron chi connectivity index (χ3n) is 13.4. The van der Waals surface area contributed by atoms with Gasteiger partial charge in [-0.25, -0.2) is 4.79 Å². The number of carbonyl (C=O) groups excluding carboxylic acids is 5. The van der Waals surface area contributed by atoms with Crippen molar-refractivity contribution >= 4 is 29.5 Å². The number of hydrogen-bond donors (Lipinski definition) is 3. The van der Waals surface area contributed by atoms with Gasteiger partial charge in [-0.1, -0.05) is 45.3 Å². The summed E-state index contributed by atoms with van der Waals surface area (Å²) in [6.07, 6.45) is 16.4. The maximum Gasteiger partial charge on any atom is 0.318 e. The molecule has 4 bridgehead atoms. The van der Waals surface area contributed by atoms with Crippen LogP contribution in [0.25, 0.3) is 0 Å². The highest BCUT2D eigenvalue weighted by Gasteiger charge is 2.70. The highest BCUT2D eigenvalue weighted by atomic mass is 16.2. The van der Waals surface area contributed by atoms with Gasteiger partial charge in [-0.2, -0.15) is 0 Å². The minimum absolute atomic E-state index is 0.0168. The average molecular weight is 678 g/mol. The van der Waals surface area contributed by atoms with Crippen LogP contribution in [0.3, 0.4) is 0 Å². The molecule has 1 aliphatic heterocycles. The van der Waals surface area contributed by atoms with E-state index in [1.807, 2.05) is 0 Å². The van der Waals surface area contributed by atoms with E-state index >= 15 is 0 Å². The van der Waals surface area contributed by atoms with E-state index in [0.29, 0.717) is 37.1 Å². The zero-order chi connectivity index (χ0) is 35.1. The van der Waals surface area contributed by atoms with Gasteiger partial charge in [0.25, 0.3) is 5.91 Å². The summed E-state index contributed by atoms with van der Waals surface area (Å²) in [6.45, 7) is 12.4. The number of fused-ring (bicyclic) bond motifs is 1. The molecule has 0 aromatic rings. The van der Waals surface area contributed by atoms with Gasteiger partial charge in [0, 0.05) is 25.7 Å². The van der Waals surface area contributed by atoms with Crippen molar-refractivity contribution in [3.05, 3.63) is 25.3 Å². The number of nitrogens with zero attached hydrogens (tertiary/aromatic N) is 2. The van der Waals surface area contributed by atoms with Crippen LogP contribution >= 0.6 is 0 Å². The van der Waals surface area contributed by atoms with Crippen LogP contribution in [-0.4, -0.2) is 83.1 Å². The van der Waals surface area contributed by atoms with Gasteiger partial charge in [-0.3, -0.25) is 19.2 Å². The third-order valence-corrected chi connectivity index (χ3v) is 13.4. The summed E-state index contributed by atoms with van der Waals surface area (Å²) >= 11 is 0. The van der Waals surface area contributed by atoms with Crippen LogP contribution in [0.4, 0.5) is 4.79 Å². The smallest absolute Gasteiger partial charge is 0.318 e. The van der Waals surface area contributed by atoms with Crippen LogP contribution in [0, 0.1) is 40.9 Å². The van der Waals surface area contributed by atoms with Gasteiger partial charge in [-0.05, 0) is 112 Å². The van der Waals surface area contributed by atoms with Gasteiger partial charge in [-0.15, -0.1) is 13.2 Å². The molecular weight excluding hydrogens is 618 g/mol. The summed E-state index contributed by atoms with van der Waals surface area (Å²) in [5.41, 5.74) is -0.309. The van der Waals surface area contributed by atoms with E-state index in [0.717, 1.165) is 51.4 Å². The van der Waals surface area contributed by atoms with Crippen LogP contribution in [0.1, 0.15) is 104 Å². The number of urea groups is 1. The molecule has 10 nitrogen and oxygen atoms in total. The molecule has 7 fully saturated rings. The zero-order valence-corrected chi connectivity index (χ0v) is 30.0. The monoisotopic (exact) mass is 677 g/mol. The van der Waals surface area contributed by atoms with Crippen molar-refractivity contribution in [3.63, 3.8) is 0 Å². The van der Waals surface area contributed by atoms with Crippen molar-refractivity contribution in [2.45, 2.75) is 127 Å². The number of allylic oxidation sites excluding steroid dienone is 1. The first-order valence-electron chi connectivity index (χ1n) is 19.1. The van der Waals surface area contributed by atoms with E-state index in [1.165, 1.54) is 19.3 Å². The second kappa shape index (κ2) is 14.2. The quantitative estimate of drug-likeness (QED) is 0.139. The Morgan fingerprint density at radius 2 is 1.53 bits per heavy atom. The number of rotatable bonds is 14. The van der Waals surface area contributed by atoms with Gasteiger partial charge >= 0.3 is 6.03 Å². The largest absolute Gasteiger partial charge is 0.349 e. The number of amides is 5. The summed E-state index contributed by atoms with van der Waals surface area (Å²) in [5.74, 6) is 0.132. The number of hydrogen-bond acceptors (Lipinski definition) is 5. The molecule has 1 saturated heterocycles. The number of Topliss-reactive ketones (excluding diaryl/α,β-unsaturated/α-hetero) is 1. The number of likely N-dealkylation sites (tertiary alicyclic amines) is 1. The number of likely N-dealkylation sites (N-methyl/N-ethyl adjacent to an activating group) is 1.